The third-order valence-corrected chi connectivity index (χ3v) is 12.6. The number of aliphatic hydroxyl groups excluding tert-OH is 1. The van der Waals surface area contributed by atoms with Gasteiger partial charge in [-0.25, -0.2) is 0 Å². The summed E-state index contributed by atoms with van der Waals surface area (Å²) in [4.78, 5) is 0. The Balaban J connectivity index is 1.94. The van der Waals surface area contributed by atoms with E-state index >= 15 is 0 Å². The van der Waals surface area contributed by atoms with Gasteiger partial charge in [0.05, 0.1) is 18.8 Å². The van der Waals surface area contributed by atoms with Gasteiger partial charge in [0.2, 0.25) is 0 Å². The van der Waals surface area contributed by atoms with Crippen molar-refractivity contribution in [2.75, 3.05) is 13.2 Å². The highest BCUT2D eigenvalue weighted by atomic mass is 28.4. The molecular weight excluding hydrogens is 388 g/mol. The fourth-order valence-electron chi connectivity index (χ4n) is 4.75. The molecule has 4 heteroatoms. The molecule has 30 heavy (non-hydrogen) atoms. The van der Waals surface area contributed by atoms with Gasteiger partial charge in [-0.3, -0.25) is 0 Å². The van der Waals surface area contributed by atoms with E-state index in [4.69, 9.17) is 9.16 Å². The molecular formula is C26H46O3Si. The van der Waals surface area contributed by atoms with Gasteiger partial charge in [0, 0.05) is 0 Å². The minimum atomic E-state index is -1.80. The smallest absolute Gasteiger partial charge is 0.192 e. The SMILES string of the molecule is C\C(=C/C=C/C(=C\CO)CO[Si](C)(C)C(C)(C)C)CCC12OC1(C)CCCC2(C)C. The second-order valence-electron chi connectivity index (χ2n) is 11.8. The van der Waals surface area contributed by atoms with Crippen molar-refractivity contribution in [3.05, 3.63) is 35.5 Å². The Morgan fingerprint density at radius 1 is 1.17 bits per heavy atom. The average molecular weight is 435 g/mol. The van der Waals surface area contributed by atoms with Gasteiger partial charge in [0.1, 0.15) is 5.60 Å². The first-order valence-corrected chi connectivity index (χ1v) is 14.6. The molecule has 1 aliphatic heterocycles. The summed E-state index contributed by atoms with van der Waals surface area (Å²) in [5.74, 6) is 0. The molecule has 0 aromatic heterocycles. The third-order valence-electron chi connectivity index (χ3n) is 8.08. The number of fused-ring (bicyclic) bond motifs is 1. The molecule has 0 aromatic rings. The summed E-state index contributed by atoms with van der Waals surface area (Å²) in [6.07, 6.45) is 14.1. The molecule has 0 spiro atoms. The largest absolute Gasteiger partial charge is 0.413 e. The second kappa shape index (κ2) is 9.05. The summed E-state index contributed by atoms with van der Waals surface area (Å²) in [6.45, 7) is 21.1. The zero-order valence-corrected chi connectivity index (χ0v) is 22.0. The lowest BCUT2D eigenvalue weighted by Crippen LogP contribution is -2.42. The molecule has 1 aliphatic carbocycles. The summed E-state index contributed by atoms with van der Waals surface area (Å²) < 4.78 is 12.7. The summed E-state index contributed by atoms with van der Waals surface area (Å²) in [7, 11) is -1.80. The summed E-state index contributed by atoms with van der Waals surface area (Å²) in [6, 6.07) is 0. The predicted molar refractivity (Wildman–Crippen MR) is 130 cm³/mol. The van der Waals surface area contributed by atoms with Crippen molar-refractivity contribution >= 4 is 8.32 Å². The second-order valence-corrected chi connectivity index (χ2v) is 16.6. The van der Waals surface area contributed by atoms with Crippen LogP contribution in [-0.4, -0.2) is 37.8 Å². The van der Waals surface area contributed by atoms with Gasteiger partial charge in [0.15, 0.2) is 8.32 Å². The Kier molecular flexibility index (Phi) is 7.72. The maximum atomic E-state index is 9.39. The molecule has 0 radical (unpaired) electrons. The van der Waals surface area contributed by atoms with Crippen LogP contribution in [0.4, 0.5) is 0 Å². The number of hydrogen-bond donors (Lipinski definition) is 1. The maximum Gasteiger partial charge on any atom is 0.192 e. The molecule has 0 amide bonds. The number of aliphatic hydroxyl groups is 1. The van der Waals surface area contributed by atoms with Crippen molar-refractivity contribution < 1.29 is 14.3 Å². The Labute approximate surface area is 186 Å². The molecule has 0 aromatic carbocycles. The van der Waals surface area contributed by atoms with E-state index < -0.39 is 8.32 Å². The zero-order valence-electron chi connectivity index (χ0n) is 21.0. The first-order chi connectivity index (χ1) is 13.7. The molecule has 3 nitrogen and oxygen atoms in total. The number of hydrogen-bond acceptors (Lipinski definition) is 3. The van der Waals surface area contributed by atoms with Crippen LogP contribution in [0.5, 0.6) is 0 Å². The third kappa shape index (κ3) is 5.38. The lowest BCUT2D eigenvalue weighted by Gasteiger charge is -2.38. The van der Waals surface area contributed by atoms with Crippen molar-refractivity contribution in [2.24, 2.45) is 5.41 Å². The average Bonchev–Trinajstić information content (AvgIpc) is 3.24. The van der Waals surface area contributed by atoms with Crippen molar-refractivity contribution in [2.45, 2.75) is 110 Å². The summed E-state index contributed by atoms with van der Waals surface area (Å²) in [5.41, 5.74) is 2.80. The number of rotatable bonds is 9. The van der Waals surface area contributed by atoms with Crippen LogP contribution >= 0.6 is 0 Å². The molecule has 2 atom stereocenters. The quantitative estimate of drug-likeness (QED) is 0.242. The lowest BCUT2D eigenvalue weighted by molar-refractivity contribution is 0.114. The van der Waals surface area contributed by atoms with Crippen LogP contribution in [-0.2, 0) is 9.16 Å². The number of allylic oxidation sites excluding steroid dienone is 3. The van der Waals surface area contributed by atoms with Crippen LogP contribution < -0.4 is 0 Å². The Morgan fingerprint density at radius 2 is 1.83 bits per heavy atom. The van der Waals surface area contributed by atoms with Crippen LogP contribution in [0.1, 0.15) is 80.6 Å². The molecule has 1 saturated carbocycles. The highest BCUT2D eigenvalue weighted by molar-refractivity contribution is 6.74. The first-order valence-electron chi connectivity index (χ1n) is 11.7. The molecule has 1 N–H and O–H groups in total. The van der Waals surface area contributed by atoms with Crippen LogP contribution in [0, 0.1) is 5.41 Å². The van der Waals surface area contributed by atoms with E-state index in [9.17, 15) is 5.11 Å². The predicted octanol–water partition coefficient (Wildman–Crippen LogP) is 6.95. The standard InChI is InChI=1S/C26H46O3Si/c1-21(14-18-26-24(5,6)16-11-17-25(26,7)29-26)12-10-13-22(15-19-27)20-28-30(8,9)23(2,3)4/h10,12-13,15,27H,11,14,16-20H2,1-9H3/b13-10+,21-12+,22-15+. The number of ether oxygens (including phenoxy) is 1. The molecule has 2 fully saturated rings. The van der Waals surface area contributed by atoms with E-state index in [1.807, 2.05) is 6.08 Å². The first kappa shape index (κ1) is 25.6. The van der Waals surface area contributed by atoms with Crippen molar-refractivity contribution in [3.8, 4) is 0 Å². The van der Waals surface area contributed by atoms with Gasteiger partial charge in [-0.1, -0.05) is 64.5 Å². The Hall–Kier alpha value is -0.683. The normalized spacial score (nSPS) is 29.9. The topological polar surface area (TPSA) is 42.0 Å². The maximum absolute atomic E-state index is 9.39. The van der Waals surface area contributed by atoms with Crippen molar-refractivity contribution in [1.82, 2.24) is 0 Å². The fourth-order valence-corrected chi connectivity index (χ4v) is 5.71. The number of epoxide rings is 1. The molecule has 172 valence electrons. The molecule has 2 aliphatic rings. The van der Waals surface area contributed by atoms with Crippen LogP contribution in [0.25, 0.3) is 0 Å². The zero-order chi connectivity index (χ0) is 22.8. The van der Waals surface area contributed by atoms with Gasteiger partial charge in [-0.2, -0.15) is 0 Å². The van der Waals surface area contributed by atoms with Crippen LogP contribution in [0.3, 0.4) is 0 Å². The highest BCUT2D eigenvalue weighted by Gasteiger charge is 2.73. The van der Waals surface area contributed by atoms with Gasteiger partial charge in [-0.05, 0) is 75.1 Å². The van der Waals surface area contributed by atoms with Crippen molar-refractivity contribution in [1.29, 1.82) is 0 Å². The molecule has 0 bridgehead atoms. The van der Waals surface area contributed by atoms with E-state index in [0.717, 1.165) is 18.4 Å². The van der Waals surface area contributed by atoms with Crippen LogP contribution in [0.15, 0.2) is 35.5 Å². The molecule has 1 heterocycles. The monoisotopic (exact) mass is 434 g/mol. The fraction of sp³-hybridized carbons (Fsp3) is 0.769. The van der Waals surface area contributed by atoms with Gasteiger partial charge >= 0.3 is 0 Å². The van der Waals surface area contributed by atoms with E-state index in [1.165, 1.54) is 24.8 Å². The van der Waals surface area contributed by atoms with Gasteiger partial charge in [0.25, 0.3) is 0 Å². The highest BCUT2D eigenvalue weighted by Crippen LogP contribution is 2.67. The molecule has 2 rings (SSSR count). The van der Waals surface area contributed by atoms with Gasteiger partial charge < -0.3 is 14.3 Å². The van der Waals surface area contributed by atoms with E-state index in [0.29, 0.717) is 6.61 Å². The molecule has 1 saturated heterocycles. The minimum Gasteiger partial charge on any atom is -0.413 e. The van der Waals surface area contributed by atoms with Crippen LogP contribution in [0.2, 0.25) is 18.1 Å². The Morgan fingerprint density at radius 3 is 2.40 bits per heavy atom. The van der Waals surface area contributed by atoms with Gasteiger partial charge in [-0.15, -0.1) is 0 Å². The lowest BCUT2D eigenvalue weighted by atomic mass is 9.62. The molecule has 2 unspecified atom stereocenters. The summed E-state index contributed by atoms with van der Waals surface area (Å²) >= 11 is 0. The van der Waals surface area contributed by atoms with E-state index in [2.05, 4.69) is 79.8 Å². The Bertz CT molecular complexity index is 696. The minimum absolute atomic E-state index is 0.0384. The van der Waals surface area contributed by atoms with E-state index in [-0.39, 0.29) is 28.3 Å². The summed E-state index contributed by atoms with van der Waals surface area (Å²) in [5, 5.41) is 9.57. The van der Waals surface area contributed by atoms with E-state index in [1.54, 1.807) is 0 Å². The van der Waals surface area contributed by atoms with Crippen molar-refractivity contribution in [3.63, 3.8) is 0 Å².